The van der Waals surface area contributed by atoms with Crippen LogP contribution in [-0.2, 0) is 6.42 Å². The lowest BCUT2D eigenvalue weighted by Gasteiger charge is -2.21. The Hall–Kier alpha value is -1.91. The molecule has 0 unspecified atom stereocenters. The number of guanidine groups is 1. The number of rotatable bonds is 7. The second-order valence-corrected chi connectivity index (χ2v) is 4.85. The highest BCUT2D eigenvalue weighted by molar-refractivity contribution is 5.79. The van der Waals surface area contributed by atoms with E-state index in [2.05, 4.69) is 16.9 Å². The smallest absolute Gasteiger partial charge is 0.193 e. The first-order valence-electron chi connectivity index (χ1n) is 7.04. The van der Waals surface area contributed by atoms with E-state index in [1.54, 1.807) is 7.05 Å². The Morgan fingerprint density at radius 2 is 2.00 bits per heavy atom. The number of aliphatic imine (C=N–C) groups is 1. The maximum absolute atomic E-state index is 13.1. The van der Waals surface area contributed by atoms with E-state index < -0.39 is 11.6 Å². The number of benzene rings is 1. The Bertz CT molecular complexity index is 466. The van der Waals surface area contributed by atoms with Gasteiger partial charge in [0.1, 0.15) is 11.6 Å². The van der Waals surface area contributed by atoms with Crippen LogP contribution in [0.25, 0.3) is 0 Å². The third-order valence-electron chi connectivity index (χ3n) is 3.09. The zero-order valence-corrected chi connectivity index (χ0v) is 12.7. The largest absolute Gasteiger partial charge is 0.356 e. The highest BCUT2D eigenvalue weighted by Crippen LogP contribution is 2.08. The van der Waals surface area contributed by atoms with Crippen molar-refractivity contribution in [1.82, 2.24) is 10.2 Å². The van der Waals surface area contributed by atoms with Crippen LogP contribution >= 0.6 is 0 Å². The van der Waals surface area contributed by atoms with Crippen LogP contribution in [0.2, 0.25) is 0 Å². The zero-order chi connectivity index (χ0) is 15.7. The molecule has 0 aliphatic carbocycles. The first-order valence-corrected chi connectivity index (χ1v) is 7.04. The van der Waals surface area contributed by atoms with Crippen molar-refractivity contribution in [2.75, 3.05) is 27.2 Å². The minimum Gasteiger partial charge on any atom is -0.356 e. The molecule has 1 N–H and O–H groups in total. The first-order chi connectivity index (χ1) is 10.1. The molecule has 21 heavy (non-hydrogen) atoms. The van der Waals surface area contributed by atoms with Crippen molar-refractivity contribution < 1.29 is 8.78 Å². The molecule has 0 heterocycles. The van der Waals surface area contributed by atoms with Crippen molar-refractivity contribution in [3.63, 3.8) is 0 Å². The van der Waals surface area contributed by atoms with Crippen molar-refractivity contribution in [1.29, 1.82) is 0 Å². The molecular weight excluding hydrogens is 272 g/mol. The summed E-state index contributed by atoms with van der Waals surface area (Å²) < 4.78 is 26.2. The monoisotopic (exact) mass is 295 g/mol. The topological polar surface area (TPSA) is 27.6 Å². The molecule has 1 aromatic carbocycles. The molecule has 3 nitrogen and oxygen atoms in total. The summed E-state index contributed by atoms with van der Waals surface area (Å²) in [6.07, 6.45) is 4.40. The SMILES string of the molecule is C=CCCCN(C)C(=NC)NCCc1cc(F)cc(F)c1. The van der Waals surface area contributed by atoms with Crippen LogP contribution in [0.1, 0.15) is 18.4 Å². The fraction of sp³-hybridized carbons (Fsp3) is 0.438. The lowest BCUT2D eigenvalue weighted by molar-refractivity contribution is 0.470. The minimum absolute atomic E-state index is 0.536. The standard InChI is InChI=1S/C16H23F2N3/c1-4-5-6-9-21(3)16(19-2)20-8-7-13-10-14(17)12-15(18)11-13/h4,10-12H,1,5-9H2,2-3H3,(H,19,20). The van der Waals surface area contributed by atoms with Crippen LogP contribution in [-0.4, -0.2) is 38.0 Å². The molecule has 0 amide bonds. The van der Waals surface area contributed by atoms with Gasteiger partial charge in [-0.1, -0.05) is 6.08 Å². The van der Waals surface area contributed by atoms with Crippen LogP contribution in [0, 0.1) is 11.6 Å². The predicted molar refractivity (Wildman–Crippen MR) is 83.5 cm³/mol. The average Bonchev–Trinajstić information content (AvgIpc) is 2.42. The fourth-order valence-corrected chi connectivity index (χ4v) is 2.04. The van der Waals surface area contributed by atoms with Gasteiger partial charge in [0.05, 0.1) is 0 Å². The van der Waals surface area contributed by atoms with E-state index in [0.717, 1.165) is 31.4 Å². The minimum atomic E-state index is -0.545. The van der Waals surface area contributed by atoms with Crippen LogP contribution in [0.4, 0.5) is 8.78 Å². The highest BCUT2D eigenvalue weighted by atomic mass is 19.1. The number of allylic oxidation sites excluding steroid dienone is 1. The summed E-state index contributed by atoms with van der Waals surface area (Å²) >= 11 is 0. The quantitative estimate of drug-likeness (QED) is 0.362. The van der Waals surface area contributed by atoms with E-state index in [9.17, 15) is 8.78 Å². The summed E-state index contributed by atoms with van der Waals surface area (Å²) in [7, 11) is 3.68. The number of halogens is 2. The molecule has 0 aliphatic heterocycles. The number of nitrogens with one attached hydrogen (secondary N) is 1. The van der Waals surface area contributed by atoms with Crippen LogP contribution in [0.3, 0.4) is 0 Å². The average molecular weight is 295 g/mol. The Kier molecular flexibility index (Phi) is 7.43. The Labute approximate surface area is 125 Å². The Morgan fingerprint density at radius 1 is 1.33 bits per heavy atom. The van der Waals surface area contributed by atoms with Gasteiger partial charge in [0.25, 0.3) is 0 Å². The molecule has 0 aromatic heterocycles. The van der Waals surface area contributed by atoms with Gasteiger partial charge in [-0.15, -0.1) is 6.58 Å². The van der Waals surface area contributed by atoms with Gasteiger partial charge < -0.3 is 10.2 Å². The molecule has 0 radical (unpaired) electrons. The third-order valence-corrected chi connectivity index (χ3v) is 3.09. The van der Waals surface area contributed by atoms with E-state index in [1.165, 1.54) is 12.1 Å². The molecule has 0 spiro atoms. The van der Waals surface area contributed by atoms with Gasteiger partial charge >= 0.3 is 0 Å². The van der Waals surface area contributed by atoms with Crippen LogP contribution in [0.15, 0.2) is 35.8 Å². The van der Waals surface area contributed by atoms with E-state index >= 15 is 0 Å². The summed E-state index contributed by atoms with van der Waals surface area (Å²) in [6, 6.07) is 3.58. The van der Waals surface area contributed by atoms with Gasteiger partial charge in [-0.2, -0.15) is 0 Å². The van der Waals surface area contributed by atoms with Crippen molar-refractivity contribution >= 4 is 5.96 Å². The van der Waals surface area contributed by atoms with Gasteiger partial charge in [-0.3, -0.25) is 4.99 Å². The molecule has 0 atom stereocenters. The van der Waals surface area contributed by atoms with Crippen molar-refractivity contribution in [3.8, 4) is 0 Å². The Balaban J connectivity index is 2.43. The van der Waals surface area contributed by atoms with Gasteiger partial charge in [-0.25, -0.2) is 8.78 Å². The zero-order valence-electron chi connectivity index (χ0n) is 12.7. The highest BCUT2D eigenvalue weighted by Gasteiger charge is 2.05. The fourth-order valence-electron chi connectivity index (χ4n) is 2.04. The molecule has 116 valence electrons. The molecular formula is C16H23F2N3. The second-order valence-electron chi connectivity index (χ2n) is 4.85. The molecule has 5 heteroatoms. The molecule has 0 saturated carbocycles. The first kappa shape index (κ1) is 17.1. The lowest BCUT2D eigenvalue weighted by atomic mass is 10.1. The van der Waals surface area contributed by atoms with E-state index in [-0.39, 0.29) is 0 Å². The summed E-state index contributed by atoms with van der Waals surface area (Å²) in [4.78, 5) is 6.21. The van der Waals surface area contributed by atoms with Crippen molar-refractivity contribution in [2.24, 2.45) is 4.99 Å². The summed E-state index contributed by atoms with van der Waals surface area (Å²) in [5.74, 6) is -0.317. The molecule has 1 rings (SSSR count). The molecule has 0 fully saturated rings. The van der Waals surface area contributed by atoms with Gasteiger partial charge in [0.15, 0.2) is 5.96 Å². The van der Waals surface area contributed by atoms with E-state index in [4.69, 9.17) is 0 Å². The summed E-state index contributed by atoms with van der Waals surface area (Å²) in [6.45, 7) is 5.14. The Morgan fingerprint density at radius 3 is 2.57 bits per heavy atom. The van der Waals surface area contributed by atoms with Gasteiger partial charge in [0, 0.05) is 33.3 Å². The number of hydrogen-bond acceptors (Lipinski definition) is 1. The van der Waals surface area contributed by atoms with E-state index in [0.29, 0.717) is 18.5 Å². The molecule has 1 aromatic rings. The molecule has 0 saturated heterocycles. The lowest BCUT2D eigenvalue weighted by Crippen LogP contribution is -2.40. The number of hydrogen-bond donors (Lipinski definition) is 1. The summed E-state index contributed by atoms with van der Waals surface area (Å²) in [5.41, 5.74) is 0.629. The van der Waals surface area contributed by atoms with Crippen LogP contribution < -0.4 is 5.32 Å². The maximum atomic E-state index is 13.1. The number of nitrogens with zero attached hydrogens (tertiary/aromatic N) is 2. The van der Waals surface area contributed by atoms with Crippen LogP contribution in [0.5, 0.6) is 0 Å². The van der Waals surface area contributed by atoms with E-state index in [1.807, 2.05) is 18.0 Å². The summed E-state index contributed by atoms with van der Waals surface area (Å²) in [5, 5.41) is 3.19. The number of unbranched alkanes of at least 4 members (excludes halogenated alkanes) is 1. The maximum Gasteiger partial charge on any atom is 0.193 e. The molecule has 0 bridgehead atoms. The van der Waals surface area contributed by atoms with Crippen molar-refractivity contribution in [2.45, 2.75) is 19.3 Å². The van der Waals surface area contributed by atoms with Gasteiger partial charge in [0.2, 0.25) is 0 Å². The van der Waals surface area contributed by atoms with Gasteiger partial charge in [-0.05, 0) is 37.0 Å². The third kappa shape index (κ3) is 6.38. The molecule has 0 aliphatic rings. The second kappa shape index (κ2) is 9.10. The predicted octanol–water partition coefficient (Wildman–Crippen LogP) is 2.98. The normalized spacial score (nSPS) is 11.3. The van der Waals surface area contributed by atoms with Crippen molar-refractivity contribution in [3.05, 3.63) is 48.1 Å².